The average Bonchev–Trinajstić information content (AvgIpc) is 3.03. The molecular formula is C15H17N3O4S. The van der Waals surface area contributed by atoms with E-state index in [9.17, 15) is 9.59 Å². The number of hydrogen-bond donors (Lipinski definition) is 2. The van der Waals surface area contributed by atoms with Crippen molar-refractivity contribution in [2.45, 2.75) is 6.42 Å². The van der Waals surface area contributed by atoms with E-state index in [1.54, 1.807) is 17.5 Å². The zero-order valence-corrected chi connectivity index (χ0v) is 13.6. The zero-order valence-electron chi connectivity index (χ0n) is 12.8. The van der Waals surface area contributed by atoms with Crippen LogP contribution in [0.15, 0.2) is 23.6 Å². The Morgan fingerprint density at radius 3 is 2.78 bits per heavy atom. The van der Waals surface area contributed by atoms with Crippen molar-refractivity contribution in [3.63, 3.8) is 0 Å². The van der Waals surface area contributed by atoms with Crippen LogP contribution in [0, 0.1) is 0 Å². The normalized spacial score (nSPS) is 10.2. The quantitative estimate of drug-likeness (QED) is 0.779. The molecule has 0 aliphatic rings. The summed E-state index contributed by atoms with van der Waals surface area (Å²) in [6.45, 7) is 0.472. The lowest BCUT2D eigenvalue weighted by atomic mass is 10.1. The van der Waals surface area contributed by atoms with E-state index < -0.39 is 11.9 Å². The number of carbonyl (C=O) groups is 2. The topological polar surface area (TPSA) is 104 Å². The third kappa shape index (κ3) is 4.05. The molecule has 3 N–H and O–H groups in total. The maximum atomic E-state index is 12.3. The summed E-state index contributed by atoms with van der Waals surface area (Å²) < 4.78 is 9.81. The van der Waals surface area contributed by atoms with Gasteiger partial charge in [-0.3, -0.25) is 4.79 Å². The number of nitrogens with zero attached hydrogens (tertiary/aromatic N) is 1. The summed E-state index contributed by atoms with van der Waals surface area (Å²) in [5.74, 6) is -0.483. The molecule has 0 saturated carbocycles. The Morgan fingerprint density at radius 1 is 1.35 bits per heavy atom. The number of benzene rings is 1. The van der Waals surface area contributed by atoms with Crippen LogP contribution in [0.2, 0.25) is 0 Å². The lowest BCUT2D eigenvalue weighted by Gasteiger charge is -2.10. The number of hydrogen-bond acceptors (Lipinski definition) is 7. The van der Waals surface area contributed by atoms with Crippen molar-refractivity contribution >= 4 is 28.9 Å². The van der Waals surface area contributed by atoms with E-state index in [1.807, 2.05) is 0 Å². The summed E-state index contributed by atoms with van der Waals surface area (Å²) in [5, 5.41) is 5.11. The van der Waals surface area contributed by atoms with E-state index in [0.717, 1.165) is 5.01 Å². The van der Waals surface area contributed by atoms with Crippen LogP contribution in [-0.4, -0.2) is 37.6 Å². The molecule has 1 heterocycles. The van der Waals surface area contributed by atoms with Gasteiger partial charge in [0.05, 0.1) is 30.5 Å². The number of ether oxygens (including phenoxy) is 2. The van der Waals surface area contributed by atoms with Gasteiger partial charge in [-0.2, -0.15) is 0 Å². The number of rotatable bonds is 6. The molecule has 23 heavy (non-hydrogen) atoms. The predicted octanol–water partition coefficient (Wildman–Crippen LogP) is 1.69. The first-order valence-electron chi connectivity index (χ1n) is 6.81. The summed E-state index contributed by atoms with van der Waals surface area (Å²) in [6.07, 6.45) is 0.619. The fraction of sp³-hybridized carbons (Fsp3) is 0.267. The van der Waals surface area contributed by atoms with Gasteiger partial charge in [0.25, 0.3) is 5.91 Å². The van der Waals surface area contributed by atoms with E-state index in [1.165, 1.54) is 31.6 Å². The number of amides is 1. The molecule has 0 atom stereocenters. The van der Waals surface area contributed by atoms with E-state index in [4.69, 9.17) is 15.2 Å². The monoisotopic (exact) mass is 335 g/mol. The number of carbonyl (C=O) groups excluding carboxylic acids is 2. The van der Waals surface area contributed by atoms with E-state index >= 15 is 0 Å². The van der Waals surface area contributed by atoms with Crippen molar-refractivity contribution in [2.75, 3.05) is 26.1 Å². The molecule has 0 aliphatic heterocycles. The maximum absolute atomic E-state index is 12.3. The summed E-state index contributed by atoms with van der Waals surface area (Å²) in [6, 6.07) is 4.72. The molecule has 1 amide bonds. The Hall–Kier alpha value is -2.45. The third-order valence-corrected chi connectivity index (χ3v) is 3.93. The molecule has 0 fully saturated rings. The van der Waals surface area contributed by atoms with Gasteiger partial charge in [-0.05, 0) is 24.7 Å². The van der Waals surface area contributed by atoms with Crippen LogP contribution in [0.3, 0.4) is 0 Å². The van der Waals surface area contributed by atoms with E-state index in [0.29, 0.717) is 24.4 Å². The van der Waals surface area contributed by atoms with Crippen molar-refractivity contribution in [1.82, 2.24) is 4.98 Å². The van der Waals surface area contributed by atoms with Crippen LogP contribution in [0.4, 0.5) is 5.69 Å². The van der Waals surface area contributed by atoms with Crippen LogP contribution in [0.25, 0.3) is 0 Å². The zero-order chi connectivity index (χ0) is 16.8. The minimum Gasteiger partial charge on any atom is -0.497 e. The second-order valence-electron chi connectivity index (χ2n) is 4.52. The van der Waals surface area contributed by atoms with Crippen LogP contribution < -0.4 is 15.8 Å². The summed E-state index contributed by atoms with van der Waals surface area (Å²) >= 11 is 1.37. The lowest BCUT2D eigenvalue weighted by Crippen LogP contribution is -2.16. The average molecular weight is 335 g/mol. The predicted molar refractivity (Wildman–Crippen MR) is 87.2 cm³/mol. The lowest BCUT2D eigenvalue weighted by molar-refractivity contribution is 0.0601. The molecule has 0 radical (unpaired) electrons. The highest BCUT2D eigenvalue weighted by Gasteiger charge is 2.17. The minimum atomic E-state index is -0.568. The third-order valence-electron chi connectivity index (χ3n) is 3.02. The minimum absolute atomic E-state index is 0.206. The van der Waals surface area contributed by atoms with Crippen molar-refractivity contribution < 1.29 is 19.1 Å². The number of nitrogens with one attached hydrogen (secondary N) is 1. The molecule has 0 spiro atoms. The van der Waals surface area contributed by atoms with Gasteiger partial charge in [-0.1, -0.05) is 0 Å². The van der Waals surface area contributed by atoms with Crippen LogP contribution in [0.5, 0.6) is 5.75 Å². The highest BCUT2D eigenvalue weighted by Crippen LogP contribution is 2.23. The largest absolute Gasteiger partial charge is 0.497 e. The number of thiazole rings is 1. The Morgan fingerprint density at radius 2 is 2.13 bits per heavy atom. The van der Waals surface area contributed by atoms with Crippen molar-refractivity contribution in [3.05, 3.63) is 39.8 Å². The summed E-state index contributed by atoms with van der Waals surface area (Å²) in [4.78, 5) is 28.3. The molecule has 0 unspecified atom stereocenters. The molecule has 0 saturated heterocycles. The molecule has 8 heteroatoms. The number of esters is 1. The van der Waals surface area contributed by atoms with E-state index in [2.05, 4.69) is 10.3 Å². The van der Waals surface area contributed by atoms with Gasteiger partial charge in [0, 0.05) is 11.8 Å². The maximum Gasteiger partial charge on any atom is 0.340 e. The van der Waals surface area contributed by atoms with Crippen LogP contribution in [-0.2, 0) is 11.2 Å². The molecule has 2 aromatic rings. The molecular weight excluding hydrogens is 318 g/mol. The summed E-state index contributed by atoms with van der Waals surface area (Å²) in [7, 11) is 2.76. The highest BCUT2D eigenvalue weighted by molar-refractivity contribution is 7.09. The van der Waals surface area contributed by atoms with E-state index in [-0.39, 0.29) is 11.3 Å². The van der Waals surface area contributed by atoms with Crippen molar-refractivity contribution in [2.24, 2.45) is 5.73 Å². The second-order valence-corrected chi connectivity index (χ2v) is 5.47. The molecule has 7 nitrogen and oxygen atoms in total. The first-order chi connectivity index (χ1) is 11.1. The van der Waals surface area contributed by atoms with Gasteiger partial charge in [-0.25, -0.2) is 9.78 Å². The second kappa shape index (κ2) is 7.70. The van der Waals surface area contributed by atoms with Crippen molar-refractivity contribution in [3.8, 4) is 5.75 Å². The molecule has 2 rings (SSSR count). The summed E-state index contributed by atoms with van der Waals surface area (Å²) in [5.41, 5.74) is 6.29. The van der Waals surface area contributed by atoms with Crippen molar-refractivity contribution in [1.29, 1.82) is 0 Å². The molecule has 1 aromatic heterocycles. The standard InChI is InChI=1S/C15H17N3O4S/c1-21-9-3-4-11(10(7-9)15(20)22-2)18-14(19)12-8-23-13(17-12)5-6-16/h3-4,7-8H,5-6,16H2,1-2H3,(H,18,19). The molecule has 122 valence electrons. The Balaban J connectivity index is 2.24. The first-order valence-corrected chi connectivity index (χ1v) is 7.69. The van der Waals surface area contributed by atoms with Crippen LogP contribution in [0.1, 0.15) is 25.9 Å². The molecule has 0 aliphatic carbocycles. The SMILES string of the molecule is COC(=O)c1cc(OC)ccc1NC(=O)c1csc(CCN)n1. The number of methoxy groups -OCH3 is 2. The number of anilines is 1. The van der Waals surface area contributed by atoms with Gasteiger partial charge in [0.15, 0.2) is 0 Å². The van der Waals surface area contributed by atoms with Gasteiger partial charge in [0.2, 0.25) is 0 Å². The van der Waals surface area contributed by atoms with Crippen LogP contribution >= 0.6 is 11.3 Å². The van der Waals surface area contributed by atoms with Gasteiger partial charge < -0.3 is 20.5 Å². The van der Waals surface area contributed by atoms with Gasteiger partial charge >= 0.3 is 5.97 Å². The smallest absolute Gasteiger partial charge is 0.340 e. The first kappa shape index (κ1) is 16.9. The number of nitrogens with two attached hydrogens (primary N) is 1. The number of aromatic nitrogens is 1. The van der Waals surface area contributed by atoms with Gasteiger partial charge in [0.1, 0.15) is 11.4 Å². The fourth-order valence-electron chi connectivity index (χ4n) is 1.88. The molecule has 0 bridgehead atoms. The Bertz CT molecular complexity index is 714. The Labute approximate surface area is 137 Å². The highest BCUT2D eigenvalue weighted by atomic mass is 32.1. The Kier molecular flexibility index (Phi) is 5.67. The van der Waals surface area contributed by atoms with Gasteiger partial charge in [-0.15, -0.1) is 11.3 Å². The fourth-order valence-corrected chi connectivity index (χ4v) is 2.67. The molecule has 1 aromatic carbocycles.